The summed E-state index contributed by atoms with van der Waals surface area (Å²) >= 11 is 3.12. The summed E-state index contributed by atoms with van der Waals surface area (Å²) in [6, 6.07) is 12.5. The number of thiophene rings is 2. The summed E-state index contributed by atoms with van der Waals surface area (Å²) < 4.78 is 4.97. The van der Waals surface area contributed by atoms with Gasteiger partial charge in [0.1, 0.15) is 29.3 Å². The molecule has 0 spiro atoms. The van der Waals surface area contributed by atoms with Crippen LogP contribution in [0.25, 0.3) is 0 Å². The van der Waals surface area contributed by atoms with Crippen molar-refractivity contribution in [1.29, 1.82) is 0 Å². The molecule has 2 aromatic heterocycles. The number of hydrogen-bond acceptors (Lipinski definition) is 14. The van der Waals surface area contributed by atoms with Gasteiger partial charge in [-0.1, -0.05) is 80.7 Å². The summed E-state index contributed by atoms with van der Waals surface area (Å²) in [5.41, 5.74) is 16.0. The van der Waals surface area contributed by atoms with Crippen molar-refractivity contribution in [2.75, 3.05) is 32.7 Å². The fourth-order valence-electron chi connectivity index (χ4n) is 10.4. The molecular formula is C65H96N10O11S2. The smallest absolute Gasteiger partial charge is 0.408 e. The number of aliphatic carboxylic acids is 1. The van der Waals surface area contributed by atoms with Crippen molar-refractivity contribution in [1.82, 2.24) is 21.3 Å². The molecule has 2 aromatic carbocycles. The van der Waals surface area contributed by atoms with Gasteiger partial charge in [0.15, 0.2) is 0 Å². The van der Waals surface area contributed by atoms with E-state index in [-0.39, 0.29) is 56.2 Å². The lowest BCUT2D eigenvalue weighted by molar-refractivity contribution is -0.144. The van der Waals surface area contributed by atoms with Crippen LogP contribution in [-0.2, 0) is 69.0 Å². The number of carboxylic acid groups (broad SMARTS) is 1. The Labute approximate surface area is 528 Å². The summed E-state index contributed by atoms with van der Waals surface area (Å²) in [6.45, 7) is 21.7. The van der Waals surface area contributed by atoms with Gasteiger partial charge >= 0.3 is 12.1 Å². The van der Waals surface area contributed by atoms with Crippen LogP contribution in [0.5, 0.6) is 0 Å². The Hall–Kier alpha value is -7.21. The van der Waals surface area contributed by atoms with E-state index in [0.29, 0.717) is 77.5 Å². The summed E-state index contributed by atoms with van der Waals surface area (Å²) in [7, 11) is 0. The third kappa shape index (κ3) is 18.9. The SMILES string of the molecule is C.C.CC(C)C[C@@H](N)C(=O)NC1Cc2cccc(N3CCCC3=O)c2N(Cc2ccsc2)C1=O.CC[C@@](C)(N)C(=O)N[C@H](CC(C)C)C(=O)NC1Cc2cccc(N3CCCC3=O)c2N(Cc2ccsc2)C1=O.CC[C@](C)(NC(=O)OC(C)(C)C)C(=O)O. The zero-order chi connectivity index (χ0) is 63.4. The summed E-state index contributed by atoms with van der Waals surface area (Å²) in [5, 5.41) is 27.8. The van der Waals surface area contributed by atoms with Crippen LogP contribution in [0, 0.1) is 11.8 Å². The van der Waals surface area contributed by atoms with Crippen molar-refractivity contribution in [2.24, 2.45) is 23.3 Å². The molecule has 4 aliphatic heterocycles. The fraction of sp³-hybridized carbons (Fsp3) is 0.554. The molecule has 88 heavy (non-hydrogen) atoms. The second-order valence-corrected chi connectivity index (χ2v) is 26.4. The van der Waals surface area contributed by atoms with Gasteiger partial charge in [-0.25, -0.2) is 9.59 Å². The highest BCUT2D eigenvalue weighted by Crippen LogP contribution is 2.42. The Balaban J connectivity index is 0.000000305. The molecule has 4 aromatic rings. The number of benzene rings is 2. The van der Waals surface area contributed by atoms with Crippen LogP contribution in [0.15, 0.2) is 70.1 Å². The first-order chi connectivity index (χ1) is 40.5. The number of nitrogens with two attached hydrogens (primary N) is 2. The largest absolute Gasteiger partial charge is 0.480 e. The van der Waals surface area contributed by atoms with Crippen molar-refractivity contribution in [3.63, 3.8) is 0 Å². The second kappa shape index (κ2) is 31.8. The van der Waals surface area contributed by atoms with Gasteiger partial charge < -0.3 is 62.2 Å². The molecule has 8 rings (SSSR count). The minimum absolute atomic E-state index is 0. The number of alkyl carbamates (subject to hydrolysis) is 1. The lowest BCUT2D eigenvalue weighted by Crippen LogP contribution is -2.60. The Morgan fingerprint density at radius 3 is 1.50 bits per heavy atom. The van der Waals surface area contributed by atoms with E-state index in [9.17, 15) is 43.2 Å². The molecular weight excluding hydrogens is 1160 g/mol. The molecule has 484 valence electrons. The molecule has 2 fully saturated rings. The highest BCUT2D eigenvalue weighted by atomic mass is 32.1. The number of nitrogens with zero attached hydrogens (tertiary/aromatic N) is 4. The molecule has 23 heteroatoms. The lowest BCUT2D eigenvalue weighted by Gasteiger charge is -2.38. The van der Waals surface area contributed by atoms with Crippen molar-refractivity contribution >= 4 is 98.8 Å². The Morgan fingerprint density at radius 1 is 0.682 bits per heavy atom. The molecule has 0 bridgehead atoms. The van der Waals surface area contributed by atoms with Crippen LogP contribution in [0.3, 0.4) is 0 Å². The van der Waals surface area contributed by atoms with Crippen LogP contribution in [0.1, 0.15) is 165 Å². The first kappa shape index (κ1) is 73.3. The van der Waals surface area contributed by atoms with E-state index in [1.54, 1.807) is 76.9 Å². The first-order valence-electron chi connectivity index (χ1n) is 29.7. The quantitative estimate of drug-likeness (QED) is 0.0435. The fourth-order valence-corrected chi connectivity index (χ4v) is 11.7. The van der Waals surface area contributed by atoms with Gasteiger partial charge in [0.05, 0.1) is 47.4 Å². The molecule has 4 aliphatic rings. The van der Waals surface area contributed by atoms with Crippen molar-refractivity contribution < 1.29 is 53.0 Å². The number of anilines is 4. The zero-order valence-corrected chi connectivity index (χ0v) is 53.2. The van der Waals surface area contributed by atoms with Crippen molar-refractivity contribution in [3.8, 4) is 0 Å². The number of carboxylic acids is 1. The number of rotatable bonds is 20. The van der Waals surface area contributed by atoms with Gasteiger partial charge in [-0.3, -0.25) is 33.6 Å². The van der Waals surface area contributed by atoms with E-state index in [2.05, 4.69) is 21.3 Å². The van der Waals surface area contributed by atoms with Crippen LogP contribution in [-0.4, -0.2) is 112 Å². The number of fused-ring (bicyclic) bond motifs is 2. The molecule has 6 heterocycles. The molecule has 2 unspecified atom stereocenters. The van der Waals surface area contributed by atoms with Crippen LogP contribution in [0.2, 0.25) is 0 Å². The molecule has 0 saturated carbocycles. The number of hydrogen-bond donors (Lipinski definition) is 7. The minimum Gasteiger partial charge on any atom is -0.480 e. The molecule has 21 nitrogen and oxygen atoms in total. The molecule has 6 atom stereocenters. The van der Waals surface area contributed by atoms with E-state index in [1.165, 1.54) is 6.92 Å². The van der Waals surface area contributed by atoms with E-state index in [4.69, 9.17) is 21.3 Å². The zero-order valence-electron chi connectivity index (χ0n) is 51.6. The van der Waals surface area contributed by atoms with Crippen molar-refractivity contribution in [2.45, 2.75) is 209 Å². The Bertz CT molecular complexity index is 3070. The number of ether oxygens (including phenoxy) is 1. The van der Waals surface area contributed by atoms with Gasteiger partial charge in [-0.15, -0.1) is 0 Å². The maximum absolute atomic E-state index is 14.0. The van der Waals surface area contributed by atoms with E-state index in [0.717, 1.165) is 57.8 Å². The highest BCUT2D eigenvalue weighted by molar-refractivity contribution is 7.08. The summed E-state index contributed by atoms with van der Waals surface area (Å²) in [4.78, 5) is 121. The van der Waals surface area contributed by atoms with E-state index in [1.807, 2.05) is 105 Å². The number of carbonyl (C=O) groups is 9. The normalized spacial score (nSPS) is 18.4. The second-order valence-electron chi connectivity index (χ2n) is 24.8. The molecule has 0 radical (unpaired) electrons. The predicted octanol–water partition coefficient (Wildman–Crippen LogP) is 8.97. The van der Waals surface area contributed by atoms with Gasteiger partial charge in [0.2, 0.25) is 41.4 Å². The van der Waals surface area contributed by atoms with Gasteiger partial charge in [-0.2, -0.15) is 22.7 Å². The van der Waals surface area contributed by atoms with Crippen LogP contribution < -0.4 is 52.3 Å². The number of carbonyl (C=O) groups excluding carboxylic acids is 8. The van der Waals surface area contributed by atoms with Crippen LogP contribution in [0.4, 0.5) is 27.5 Å². The van der Waals surface area contributed by atoms with Gasteiger partial charge in [-0.05, 0) is 153 Å². The third-order valence-electron chi connectivity index (χ3n) is 15.5. The maximum Gasteiger partial charge on any atom is 0.408 e. The monoisotopic (exact) mass is 1260 g/mol. The minimum atomic E-state index is -1.28. The average molecular weight is 1260 g/mol. The molecule has 9 N–H and O–H groups in total. The third-order valence-corrected chi connectivity index (χ3v) is 17.0. The lowest BCUT2D eigenvalue weighted by atomic mass is 9.94. The summed E-state index contributed by atoms with van der Waals surface area (Å²) in [5.74, 6) is -2.06. The van der Waals surface area contributed by atoms with Gasteiger partial charge in [0, 0.05) is 38.8 Å². The number of nitrogens with one attached hydrogen (secondary N) is 4. The molecule has 8 amide bonds. The first-order valence-corrected chi connectivity index (χ1v) is 31.6. The Kier molecular flexibility index (Phi) is 26.5. The molecule has 2 saturated heterocycles. The van der Waals surface area contributed by atoms with E-state index >= 15 is 0 Å². The number of amides is 8. The molecule has 0 aliphatic carbocycles. The van der Waals surface area contributed by atoms with Crippen molar-refractivity contribution in [3.05, 3.63) is 92.3 Å². The average Bonchev–Trinajstić information content (AvgIpc) is 1.20. The van der Waals surface area contributed by atoms with Gasteiger partial charge in [0.25, 0.3) is 0 Å². The van der Waals surface area contributed by atoms with Crippen LogP contribution >= 0.6 is 22.7 Å². The number of para-hydroxylation sites is 2. The highest BCUT2D eigenvalue weighted by Gasteiger charge is 2.42. The van der Waals surface area contributed by atoms with E-state index < -0.39 is 64.7 Å². The standard InChI is InChI=1S/C29H39N5O4S.C24H30N4O3S.C10H19NO4.2CH4/c1-5-29(4,30)28(38)32-21(14-18(2)3)26(36)31-22-15-20-8-6-9-23(33-12-7-10-24(33)35)25(20)34(27(22)37)16-19-11-13-39-17-19;1-15(2)11-18(25)23(30)26-19-12-17-5-3-6-20(27-9-4-7-21(27)29)22(17)28(24(19)31)13-16-8-10-32-14-16;1-6-10(5,7(12)13)11-8(14)15-9(2,3)4;;/h6,8-9,11,13,17-18,21-22H,5,7,10,12,14-16,30H2,1-4H3,(H,31,36)(H,32,38);3,5-6,8,10,14-15,18-19H,4,7,9,11-13,25H2,1-2H3,(H,26,30);6H2,1-5H3,(H,11,14)(H,12,13);2*1H4/t21-,22?,29-;18-,19?;10-;;/m110../s1. The maximum atomic E-state index is 14.0. The summed E-state index contributed by atoms with van der Waals surface area (Å²) in [6.07, 6.45) is 4.25. The Morgan fingerprint density at radius 2 is 1.14 bits per heavy atom. The predicted molar refractivity (Wildman–Crippen MR) is 349 cm³/mol. The topological polar surface area (TPSA) is 296 Å².